The lowest BCUT2D eigenvalue weighted by Crippen LogP contribution is -2.63. The molecule has 3 aliphatic heterocycles. The van der Waals surface area contributed by atoms with Crippen LogP contribution in [0.25, 0.3) is 5.70 Å². The SMILES string of the molecule is Cc1ccc(N2C(c3ccccc3)=CN3C2=NC2C3C(=O)N(C)C(=O)N2C)cc1. The fourth-order valence-corrected chi connectivity index (χ4v) is 4.08. The third kappa shape index (κ3) is 2.47. The Bertz CT molecular complexity index is 1060. The first-order valence-electron chi connectivity index (χ1n) is 9.52. The first-order chi connectivity index (χ1) is 14.0. The summed E-state index contributed by atoms with van der Waals surface area (Å²) in [5, 5.41) is 0. The number of rotatable bonds is 2. The van der Waals surface area contributed by atoms with E-state index in [9.17, 15) is 9.59 Å². The highest BCUT2D eigenvalue weighted by atomic mass is 16.2. The van der Waals surface area contributed by atoms with Gasteiger partial charge in [-0.1, -0.05) is 48.0 Å². The molecule has 3 amide bonds. The Morgan fingerprint density at radius 3 is 2.31 bits per heavy atom. The molecule has 29 heavy (non-hydrogen) atoms. The number of hydrogen-bond acceptors (Lipinski definition) is 5. The quantitative estimate of drug-likeness (QED) is 0.795. The van der Waals surface area contributed by atoms with E-state index in [-0.39, 0.29) is 11.9 Å². The Hall–Kier alpha value is -3.61. The van der Waals surface area contributed by atoms with Crippen molar-refractivity contribution in [1.82, 2.24) is 14.7 Å². The molecule has 3 aliphatic rings. The van der Waals surface area contributed by atoms with E-state index in [1.807, 2.05) is 60.5 Å². The van der Waals surface area contributed by atoms with Crippen molar-refractivity contribution in [3.8, 4) is 0 Å². The van der Waals surface area contributed by atoms with Gasteiger partial charge in [-0.25, -0.2) is 9.79 Å². The van der Waals surface area contributed by atoms with Crippen LogP contribution in [0.4, 0.5) is 10.5 Å². The lowest BCUT2D eigenvalue weighted by molar-refractivity contribution is -0.135. The molecule has 2 unspecified atom stereocenters. The Kier molecular flexibility index (Phi) is 3.74. The molecule has 0 bridgehead atoms. The minimum atomic E-state index is -0.563. The third-order valence-electron chi connectivity index (χ3n) is 5.69. The van der Waals surface area contributed by atoms with Gasteiger partial charge < -0.3 is 4.90 Å². The number of imide groups is 1. The zero-order valence-electron chi connectivity index (χ0n) is 16.5. The number of anilines is 1. The Morgan fingerprint density at radius 1 is 0.931 bits per heavy atom. The number of carbonyl (C=O) groups excluding carboxylic acids is 2. The molecule has 2 aromatic rings. The fourth-order valence-electron chi connectivity index (χ4n) is 4.08. The highest BCUT2D eigenvalue weighted by Gasteiger charge is 2.54. The molecule has 1 saturated heterocycles. The van der Waals surface area contributed by atoms with Crippen molar-refractivity contribution < 1.29 is 9.59 Å². The zero-order valence-corrected chi connectivity index (χ0v) is 16.5. The molecule has 2 atom stereocenters. The van der Waals surface area contributed by atoms with Crippen LogP contribution >= 0.6 is 0 Å². The van der Waals surface area contributed by atoms with E-state index < -0.39 is 12.2 Å². The number of hydrogen-bond donors (Lipinski definition) is 0. The number of nitrogens with zero attached hydrogens (tertiary/aromatic N) is 5. The van der Waals surface area contributed by atoms with Crippen molar-refractivity contribution in [3.63, 3.8) is 0 Å². The Labute approximate surface area is 169 Å². The minimum absolute atomic E-state index is 0.244. The van der Waals surface area contributed by atoms with Crippen LogP contribution in [-0.2, 0) is 4.79 Å². The fraction of sp³-hybridized carbons (Fsp3) is 0.227. The molecule has 0 N–H and O–H groups in total. The summed E-state index contributed by atoms with van der Waals surface area (Å²) in [6.07, 6.45) is 1.43. The van der Waals surface area contributed by atoms with Gasteiger partial charge in [0, 0.05) is 31.5 Å². The van der Waals surface area contributed by atoms with Gasteiger partial charge >= 0.3 is 6.03 Å². The maximum absolute atomic E-state index is 13.0. The molecule has 0 spiro atoms. The van der Waals surface area contributed by atoms with Gasteiger partial charge in [0.1, 0.15) is 0 Å². The summed E-state index contributed by atoms with van der Waals surface area (Å²) in [6.45, 7) is 2.05. The molecular weight excluding hydrogens is 366 g/mol. The summed E-state index contributed by atoms with van der Waals surface area (Å²) in [7, 11) is 3.21. The summed E-state index contributed by atoms with van der Waals surface area (Å²) in [5.41, 5.74) is 4.10. The van der Waals surface area contributed by atoms with E-state index in [1.54, 1.807) is 7.05 Å². The lowest BCUT2D eigenvalue weighted by Gasteiger charge is -2.38. The number of urea groups is 1. The number of likely N-dealkylation sites (N-methyl/N-ethyl adjacent to an activating group) is 2. The molecule has 0 radical (unpaired) electrons. The van der Waals surface area contributed by atoms with E-state index in [2.05, 4.69) is 17.0 Å². The second-order valence-corrected chi connectivity index (χ2v) is 7.54. The largest absolute Gasteiger partial charge is 0.328 e. The van der Waals surface area contributed by atoms with Crippen LogP contribution < -0.4 is 4.90 Å². The maximum atomic E-state index is 13.0. The van der Waals surface area contributed by atoms with Gasteiger partial charge in [-0.2, -0.15) is 0 Å². The predicted octanol–water partition coefficient (Wildman–Crippen LogP) is 2.70. The number of aryl methyl sites for hydroxylation is 1. The van der Waals surface area contributed by atoms with Gasteiger partial charge in [-0.3, -0.25) is 19.5 Å². The van der Waals surface area contributed by atoms with Crippen LogP contribution in [0.3, 0.4) is 0 Å². The molecule has 0 aliphatic carbocycles. The molecule has 3 heterocycles. The minimum Gasteiger partial charge on any atom is -0.302 e. The van der Waals surface area contributed by atoms with Crippen LogP contribution in [-0.4, -0.2) is 58.9 Å². The summed E-state index contributed by atoms with van der Waals surface area (Å²) >= 11 is 0. The summed E-state index contributed by atoms with van der Waals surface area (Å²) in [6, 6.07) is 17.3. The Morgan fingerprint density at radius 2 is 1.62 bits per heavy atom. The predicted molar refractivity (Wildman–Crippen MR) is 111 cm³/mol. The summed E-state index contributed by atoms with van der Waals surface area (Å²) in [4.78, 5) is 36.8. The van der Waals surface area contributed by atoms with Crippen molar-refractivity contribution >= 4 is 29.3 Å². The van der Waals surface area contributed by atoms with Gasteiger partial charge in [0.2, 0.25) is 5.96 Å². The molecular formula is C22H21N5O2. The van der Waals surface area contributed by atoms with E-state index >= 15 is 0 Å². The van der Waals surface area contributed by atoms with E-state index in [0.29, 0.717) is 5.96 Å². The molecule has 0 saturated carbocycles. The number of aliphatic imine (C=N–C) groups is 1. The first kappa shape index (κ1) is 17.5. The van der Waals surface area contributed by atoms with Crippen molar-refractivity contribution in [2.24, 2.45) is 4.99 Å². The van der Waals surface area contributed by atoms with Gasteiger partial charge in [-0.15, -0.1) is 0 Å². The average molecular weight is 387 g/mol. The maximum Gasteiger partial charge on any atom is 0.328 e. The van der Waals surface area contributed by atoms with E-state index in [4.69, 9.17) is 4.99 Å². The van der Waals surface area contributed by atoms with Crippen LogP contribution in [0.1, 0.15) is 11.1 Å². The second-order valence-electron chi connectivity index (χ2n) is 7.54. The lowest BCUT2D eigenvalue weighted by atomic mass is 10.1. The van der Waals surface area contributed by atoms with Crippen LogP contribution in [0.15, 0.2) is 65.8 Å². The van der Waals surface area contributed by atoms with Crippen LogP contribution in [0.5, 0.6) is 0 Å². The molecule has 7 nitrogen and oxygen atoms in total. The molecule has 7 heteroatoms. The van der Waals surface area contributed by atoms with Gasteiger partial charge in [-0.05, 0) is 19.1 Å². The molecule has 0 aromatic heterocycles. The highest BCUT2D eigenvalue weighted by molar-refractivity contribution is 6.16. The standard InChI is InChI=1S/C22H21N5O2/c1-14-9-11-16(12-10-14)27-17(15-7-5-4-6-8-15)13-26-18-19(23-21(26)27)24(2)22(29)25(3)20(18)28/h4-13,18-19H,1-3H3. The van der Waals surface area contributed by atoms with Crippen LogP contribution in [0.2, 0.25) is 0 Å². The normalized spacial score (nSPS) is 23.3. The zero-order chi connectivity index (χ0) is 20.3. The van der Waals surface area contributed by atoms with E-state index in [1.165, 1.54) is 22.4 Å². The smallest absolute Gasteiger partial charge is 0.302 e. The first-order valence-corrected chi connectivity index (χ1v) is 9.52. The number of guanidine groups is 1. The third-order valence-corrected chi connectivity index (χ3v) is 5.69. The molecule has 1 fully saturated rings. The van der Waals surface area contributed by atoms with Crippen LogP contribution in [0, 0.1) is 6.92 Å². The number of fused-ring (bicyclic) bond motifs is 3. The monoisotopic (exact) mass is 387 g/mol. The summed E-state index contributed by atoms with van der Waals surface area (Å²) in [5.74, 6) is 0.414. The van der Waals surface area contributed by atoms with E-state index in [0.717, 1.165) is 16.9 Å². The molecule has 146 valence electrons. The van der Waals surface area contributed by atoms with Crippen molar-refractivity contribution in [3.05, 3.63) is 71.9 Å². The number of benzene rings is 2. The van der Waals surface area contributed by atoms with Crippen molar-refractivity contribution in [2.75, 3.05) is 19.0 Å². The van der Waals surface area contributed by atoms with Crippen molar-refractivity contribution in [2.45, 2.75) is 19.1 Å². The number of carbonyl (C=O) groups is 2. The van der Waals surface area contributed by atoms with Gasteiger partial charge in [0.05, 0.1) is 5.70 Å². The highest BCUT2D eigenvalue weighted by Crippen LogP contribution is 2.39. The Balaban J connectivity index is 1.65. The van der Waals surface area contributed by atoms with Gasteiger partial charge in [0.15, 0.2) is 12.2 Å². The molecule has 5 rings (SSSR count). The molecule has 2 aromatic carbocycles. The average Bonchev–Trinajstić information content (AvgIpc) is 3.28. The second kappa shape index (κ2) is 6.20. The number of amides is 3. The van der Waals surface area contributed by atoms with Crippen molar-refractivity contribution in [1.29, 1.82) is 0 Å². The topological polar surface area (TPSA) is 59.5 Å². The summed E-state index contributed by atoms with van der Waals surface area (Å²) < 4.78 is 0. The van der Waals surface area contributed by atoms with Gasteiger partial charge in [0.25, 0.3) is 5.91 Å².